The van der Waals surface area contributed by atoms with Crippen molar-refractivity contribution in [1.29, 1.82) is 0 Å². The highest BCUT2D eigenvalue weighted by Crippen LogP contribution is 2.14. The Hall–Kier alpha value is -2.21. The molecule has 1 aromatic heterocycles. The van der Waals surface area contributed by atoms with Gasteiger partial charge in [-0.05, 0) is 31.2 Å². The molecule has 0 bridgehead atoms. The van der Waals surface area contributed by atoms with E-state index in [2.05, 4.69) is 28.9 Å². The third-order valence-corrected chi connectivity index (χ3v) is 4.49. The number of hydrogen-bond donors (Lipinski definition) is 0. The average Bonchev–Trinajstić information content (AvgIpc) is 3.09. The first-order chi connectivity index (χ1) is 11.2. The first-order valence-corrected chi connectivity index (χ1v) is 8.13. The maximum Gasteiger partial charge on any atom is 0.227 e. The fourth-order valence-electron chi connectivity index (χ4n) is 3.09. The normalized spacial score (nSPS) is 19.0. The molecule has 23 heavy (non-hydrogen) atoms. The van der Waals surface area contributed by atoms with Gasteiger partial charge < -0.3 is 4.90 Å². The van der Waals surface area contributed by atoms with Crippen LogP contribution in [0.15, 0.2) is 36.9 Å². The van der Waals surface area contributed by atoms with E-state index in [4.69, 9.17) is 0 Å². The summed E-state index contributed by atoms with van der Waals surface area (Å²) in [6.07, 6.45) is 3.78. The van der Waals surface area contributed by atoms with Gasteiger partial charge >= 0.3 is 0 Å². The van der Waals surface area contributed by atoms with Crippen molar-refractivity contribution in [2.45, 2.75) is 26.3 Å². The molecule has 1 aliphatic rings. The first-order valence-electron chi connectivity index (χ1n) is 8.13. The second-order valence-corrected chi connectivity index (χ2v) is 6.04. The highest BCUT2D eigenvalue weighted by molar-refractivity contribution is 5.79. The van der Waals surface area contributed by atoms with Gasteiger partial charge in [0.05, 0.1) is 6.42 Å². The second kappa shape index (κ2) is 6.91. The van der Waals surface area contributed by atoms with Crippen LogP contribution in [0, 0.1) is 0 Å². The third kappa shape index (κ3) is 3.59. The molecule has 1 aliphatic heterocycles. The molecule has 0 radical (unpaired) electrons. The molecule has 1 amide bonds. The van der Waals surface area contributed by atoms with E-state index in [0.29, 0.717) is 6.42 Å². The number of likely N-dealkylation sites (N-methyl/N-ethyl adjacent to an activating group) is 1. The van der Waals surface area contributed by atoms with Gasteiger partial charge in [0, 0.05) is 31.4 Å². The molecule has 0 aliphatic carbocycles. The van der Waals surface area contributed by atoms with Crippen LogP contribution in [0.2, 0.25) is 0 Å². The Labute approximate surface area is 136 Å². The smallest absolute Gasteiger partial charge is 0.227 e. The predicted molar refractivity (Wildman–Crippen MR) is 88.4 cm³/mol. The molecular weight excluding hydrogens is 290 g/mol. The SMILES string of the molecule is CCN1CCN(C(=O)Cc2ccc(-n3cnnc3)cc2)C(C)C1. The predicted octanol–water partition coefficient (Wildman–Crippen LogP) is 1.36. The zero-order valence-corrected chi connectivity index (χ0v) is 13.7. The Morgan fingerprint density at radius 3 is 2.48 bits per heavy atom. The fourth-order valence-corrected chi connectivity index (χ4v) is 3.09. The van der Waals surface area contributed by atoms with Crippen LogP contribution >= 0.6 is 0 Å². The Kier molecular flexibility index (Phi) is 4.71. The first kappa shape index (κ1) is 15.7. The van der Waals surface area contributed by atoms with Gasteiger partial charge in [0.25, 0.3) is 0 Å². The van der Waals surface area contributed by atoms with Crippen molar-refractivity contribution in [2.75, 3.05) is 26.2 Å². The molecule has 1 saturated heterocycles. The van der Waals surface area contributed by atoms with Crippen molar-refractivity contribution in [3.63, 3.8) is 0 Å². The van der Waals surface area contributed by atoms with Crippen LogP contribution < -0.4 is 0 Å². The van der Waals surface area contributed by atoms with Crippen molar-refractivity contribution in [2.24, 2.45) is 0 Å². The van der Waals surface area contributed by atoms with E-state index in [1.807, 2.05) is 33.7 Å². The van der Waals surface area contributed by atoms with Gasteiger partial charge in [0.1, 0.15) is 12.7 Å². The van der Waals surface area contributed by atoms with Gasteiger partial charge in [0.15, 0.2) is 0 Å². The van der Waals surface area contributed by atoms with Crippen molar-refractivity contribution in [3.8, 4) is 5.69 Å². The molecule has 1 atom stereocenters. The maximum atomic E-state index is 12.6. The third-order valence-electron chi connectivity index (χ3n) is 4.49. The monoisotopic (exact) mass is 313 g/mol. The standard InChI is InChI=1S/C17H23N5O/c1-3-20-8-9-22(14(2)11-20)17(23)10-15-4-6-16(7-5-15)21-12-18-19-13-21/h4-7,12-14H,3,8-11H2,1-2H3. The molecule has 0 spiro atoms. The van der Waals surface area contributed by atoms with E-state index < -0.39 is 0 Å². The topological polar surface area (TPSA) is 54.3 Å². The molecule has 2 heterocycles. The van der Waals surface area contributed by atoms with Gasteiger partial charge in [-0.25, -0.2) is 0 Å². The summed E-state index contributed by atoms with van der Waals surface area (Å²) in [6.45, 7) is 8.12. The van der Waals surface area contributed by atoms with Crippen LogP contribution in [0.4, 0.5) is 0 Å². The second-order valence-electron chi connectivity index (χ2n) is 6.04. The Morgan fingerprint density at radius 1 is 1.17 bits per heavy atom. The summed E-state index contributed by atoms with van der Waals surface area (Å²) < 4.78 is 1.84. The van der Waals surface area contributed by atoms with Gasteiger partial charge in [0.2, 0.25) is 5.91 Å². The lowest BCUT2D eigenvalue weighted by atomic mass is 10.1. The van der Waals surface area contributed by atoms with E-state index in [1.54, 1.807) is 12.7 Å². The van der Waals surface area contributed by atoms with E-state index in [9.17, 15) is 4.79 Å². The molecule has 3 rings (SSSR count). The fraction of sp³-hybridized carbons (Fsp3) is 0.471. The number of hydrogen-bond acceptors (Lipinski definition) is 4. The van der Waals surface area contributed by atoms with Crippen molar-refractivity contribution < 1.29 is 4.79 Å². The van der Waals surface area contributed by atoms with Crippen LogP contribution in [0.5, 0.6) is 0 Å². The quantitative estimate of drug-likeness (QED) is 0.855. The molecule has 122 valence electrons. The van der Waals surface area contributed by atoms with Gasteiger partial charge in [-0.15, -0.1) is 10.2 Å². The Morgan fingerprint density at radius 2 is 1.87 bits per heavy atom. The maximum absolute atomic E-state index is 12.6. The zero-order chi connectivity index (χ0) is 16.2. The van der Waals surface area contributed by atoms with Crippen LogP contribution in [-0.2, 0) is 11.2 Å². The van der Waals surface area contributed by atoms with Crippen molar-refractivity contribution in [3.05, 3.63) is 42.5 Å². The Bertz CT molecular complexity index is 638. The molecule has 0 N–H and O–H groups in total. The zero-order valence-electron chi connectivity index (χ0n) is 13.7. The van der Waals surface area contributed by atoms with Gasteiger partial charge in [-0.1, -0.05) is 19.1 Å². The minimum absolute atomic E-state index is 0.213. The number of piperazine rings is 1. The van der Waals surface area contributed by atoms with E-state index in [-0.39, 0.29) is 11.9 Å². The largest absolute Gasteiger partial charge is 0.337 e. The number of nitrogens with zero attached hydrogens (tertiary/aromatic N) is 5. The van der Waals surface area contributed by atoms with Crippen LogP contribution in [-0.4, -0.2) is 62.7 Å². The summed E-state index contributed by atoms with van der Waals surface area (Å²) in [4.78, 5) is 17.0. The van der Waals surface area contributed by atoms with Crippen molar-refractivity contribution >= 4 is 5.91 Å². The summed E-state index contributed by atoms with van der Waals surface area (Å²) >= 11 is 0. The van der Waals surface area contributed by atoms with Crippen LogP contribution in [0.3, 0.4) is 0 Å². The highest BCUT2D eigenvalue weighted by atomic mass is 16.2. The lowest BCUT2D eigenvalue weighted by Gasteiger charge is -2.39. The molecule has 6 heteroatoms. The number of carbonyl (C=O) groups excluding carboxylic acids is 1. The molecular formula is C17H23N5O. The number of amides is 1. The van der Waals surface area contributed by atoms with Crippen LogP contribution in [0.1, 0.15) is 19.4 Å². The molecule has 2 aromatic rings. The van der Waals surface area contributed by atoms with Gasteiger partial charge in [-0.2, -0.15) is 0 Å². The summed E-state index contributed by atoms with van der Waals surface area (Å²) in [7, 11) is 0. The van der Waals surface area contributed by atoms with Crippen LogP contribution in [0.25, 0.3) is 5.69 Å². The lowest BCUT2D eigenvalue weighted by molar-refractivity contribution is -0.134. The minimum Gasteiger partial charge on any atom is -0.337 e. The van der Waals surface area contributed by atoms with Crippen molar-refractivity contribution in [1.82, 2.24) is 24.6 Å². The molecule has 0 saturated carbocycles. The Balaban J connectivity index is 1.62. The van der Waals surface area contributed by atoms with E-state index in [1.165, 1.54) is 0 Å². The molecule has 1 unspecified atom stereocenters. The number of benzene rings is 1. The summed E-state index contributed by atoms with van der Waals surface area (Å²) in [6, 6.07) is 8.27. The number of rotatable bonds is 4. The summed E-state index contributed by atoms with van der Waals surface area (Å²) in [5, 5.41) is 7.60. The summed E-state index contributed by atoms with van der Waals surface area (Å²) in [5.41, 5.74) is 2.04. The minimum atomic E-state index is 0.213. The van der Waals surface area contributed by atoms with E-state index in [0.717, 1.165) is 37.4 Å². The number of aromatic nitrogens is 3. The molecule has 6 nitrogen and oxygen atoms in total. The molecule has 1 fully saturated rings. The number of carbonyl (C=O) groups is 1. The molecule has 1 aromatic carbocycles. The van der Waals surface area contributed by atoms with E-state index >= 15 is 0 Å². The lowest BCUT2D eigenvalue weighted by Crippen LogP contribution is -2.54. The summed E-state index contributed by atoms with van der Waals surface area (Å²) in [5.74, 6) is 0.213. The van der Waals surface area contributed by atoms with Gasteiger partial charge in [-0.3, -0.25) is 14.3 Å². The average molecular weight is 313 g/mol. The highest BCUT2D eigenvalue weighted by Gasteiger charge is 2.26.